The molecule has 0 fully saturated rings. The molecule has 23 heavy (non-hydrogen) atoms. The number of amides is 2. The molecule has 1 aromatic heterocycles. The minimum atomic E-state index is -0.590. The van der Waals surface area contributed by atoms with E-state index >= 15 is 0 Å². The number of ether oxygens (including phenoxy) is 1. The van der Waals surface area contributed by atoms with Gasteiger partial charge in [-0.05, 0) is 23.1 Å². The molecule has 2 N–H and O–H groups in total. The van der Waals surface area contributed by atoms with Gasteiger partial charge in [0.15, 0.2) is 0 Å². The van der Waals surface area contributed by atoms with E-state index in [0.29, 0.717) is 16.3 Å². The van der Waals surface area contributed by atoms with Crippen molar-refractivity contribution < 1.29 is 19.1 Å². The summed E-state index contributed by atoms with van der Waals surface area (Å²) >= 11 is 1.23. The lowest BCUT2D eigenvalue weighted by atomic mass is 9.90. The molecule has 1 aromatic carbocycles. The fourth-order valence-electron chi connectivity index (χ4n) is 2.52. The van der Waals surface area contributed by atoms with Gasteiger partial charge < -0.3 is 15.4 Å². The first-order valence-electron chi connectivity index (χ1n) is 6.95. The van der Waals surface area contributed by atoms with E-state index in [0.717, 1.165) is 5.56 Å². The average Bonchev–Trinajstić information content (AvgIpc) is 3.01. The van der Waals surface area contributed by atoms with Crippen molar-refractivity contribution in [2.75, 3.05) is 17.7 Å². The van der Waals surface area contributed by atoms with Crippen LogP contribution in [0.1, 0.15) is 28.3 Å². The van der Waals surface area contributed by atoms with Crippen LogP contribution in [0, 0.1) is 0 Å². The summed E-state index contributed by atoms with van der Waals surface area (Å²) in [4.78, 5) is 36.1. The number of nitrogens with one attached hydrogen (secondary N) is 2. The second-order valence-electron chi connectivity index (χ2n) is 5.04. The summed E-state index contributed by atoms with van der Waals surface area (Å²) in [6.45, 7) is 0. The summed E-state index contributed by atoms with van der Waals surface area (Å²) in [6, 6.07) is 8.79. The Hall–Kier alpha value is -2.67. The predicted octanol–water partition coefficient (Wildman–Crippen LogP) is 2.60. The van der Waals surface area contributed by atoms with Crippen molar-refractivity contribution in [2.45, 2.75) is 12.3 Å². The third kappa shape index (κ3) is 2.95. The molecule has 0 bridgehead atoms. The fraction of sp³-hybridized carbons (Fsp3) is 0.188. The molecule has 2 aromatic rings. The molecule has 118 valence electrons. The molecule has 1 aliphatic heterocycles. The third-order valence-electron chi connectivity index (χ3n) is 3.62. The van der Waals surface area contributed by atoms with Crippen LogP contribution in [0.3, 0.4) is 0 Å². The van der Waals surface area contributed by atoms with Gasteiger partial charge in [0, 0.05) is 12.1 Å². The zero-order chi connectivity index (χ0) is 16.4. The van der Waals surface area contributed by atoms with Crippen LogP contribution in [0.15, 0.2) is 35.7 Å². The number of esters is 1. The van der Waals surface area contributed by atoms with Gasteiger partial charge in [0.05, 0.1) is 18.6 Å². The smallest absolute Gasteiger partial charge is 0.340 e. The van der Waals surface area contributed by atoms with Gasteiger partial charge in [0.2, 0.25) is 11.8 Å². The standard InChI is InChI=1S/C16H14N2O4S/c1-22-16(21)10-6-7-23-15(10)18-14(20)11-8-13(19)17-12-5-3-2-4-9(11)12/h2-7,11H,8H2,1H3,(H,17,19)(H,18,20)/t11-/m0/s1. The van der Waals surface area contributed by atoms with E-state index < -0.39 is 11.9 Å². The van der Waals surface area contributed by atoms with Crippen LogP contribution in [-0.4, -0.2) is 24.9 Å². The van der Waals surface area contributed by atoms with E-state index in [9.17, 15) is 14.4 Å². The number of hydrogen-bond acceptors (Lipinski definition) is 5. The van der Waals surface area contributed by atoms with E-state index in [-0.39, 0.29) is 18.2 Å². The van der Waals surface area contributed by atoms with Crippen molar-refractivity contribution in [3.63, 3.8) is 0 Å². The van der Waals surface area contributed by atoms with Crippen molar-refractivity contribution in [1.82, 2.24) is 0 Å². The molecule has 0 saturated carbocycles. The topological polar surface area (TPSA) is 84.5 Å². The number of thiophene rings is 1. The van der Waals surface area contributed by atoms with Gasteiger partial charge in [-0.3, -0.25) is 9.59 Å². The molecule has 2 amide bonds. The molecule has 6 nitrogen and oxygen atoms in total. The Morgan fingerprint density at radius 1 is 1.30 bits per heavy atom. The number of anilines is 2. The number of rotatable bonds is 3. The number of benzene rings is 1. The number of methoxy groups -OCH3 is 1. The Balaban J connectivity index is 1.86. The lowest BCUT2D eigenvalue weighted by Crippen LogP contribution is -2.30. The number of hydrogen-bond donors (Lipinski definition) is 2. The Bertz CT molecular complexity index is 784. The number of para-hydroxylation sites is 1. The predicted molar refractivity (Wildman–Crippen MR) is 86.7 cm³/mol. The Labute approximate surface area is 136 Å². The molecule has 1 aliphatic rings. The normalized spacial score (nSPS) is 16.2. The van der Waals surface area contributed by atoms with Crippen LogP contribution in [-0.2, 0) is 14.3 Å². The molecule has 0 aliphatic carbocycles. The largest absolute Gasteiger partial charge is 0.465 e. The lowest BCUT2D eigenvalue weighted by Gasteiger charge is -2.24. The number of carbonyl (C=O) groups is 3. The van der Waals surface area contributed by atoms with Gasteiger partial charge in [0.1, 0.15) is 5.00 Å². The zero-order valence-corrected chi connectivity index (χ0v) is 13.1. The van der Waals surface area contributed by atoms with E-state index in [1.54, 1.807) is 23.6 Å². The van der Waals surface area contributed by atoms with E-state index in [4.69, 9.17) is 0 Å². The number of fused-ring (bicyclic) bond motifs is 1. The highest BCUT2D eigenvalue weighted by atomic mass is 32.1. The highest BCUT2D eigenvalue weighted by molar-refractivity contribution is 7.14. The quantitative estimate of drug-likeness (QED) is 0.847. The second kappa shape index (κ2) is 6.21. The van der Waals surface area contributed by atoms with Gasteiger partial charge in [-0.15, -0.1) is 11.3 Å². The van der Waals surface area contributed by atoms with Crippen molar-refractivity contribution in [2.24, 2.45) is 0 Å². The minimum Gasteiger partial charge on any atom is -0.465 e. The monoisotopic (exact) mass is 330 g/mol. The van der Waals surface area contributed by atoms with E-state index in [1.165, 1.54) is 18.4 Å². The Morgan fingerprint density at radius 3 is 2.87 bits per heavy atom. The van der Waals surface area contributed by atoms with Crippen LogP contribution < -0.4 is 10.6 Å². The Kier molecular flexibility index (Phi) is 4.12. The van der Waals surface area contributed by atoms with Crippen LogP contribution >= 0.6 is 11.3 Å². The van der Waals surface area contributed by atoms with Crippen molar-refractivity contribution in [3.05, 3.63) is 46.8 Å². The average molecular weight is 330 g/mol. The molecule has 2 heterocycles. The van der Waals surface area contributed by atoms with Crippen molar-refractivity contribution in [3.8, 4) is 0 Å². The summed E-state index contributed by atoms with van der Waals surface area (Å²) in [5.41, 5.74) is 1.71. The fourth-order valence-corrected chi connectivity index (χ4v) is 3.30. The highest BCUT2D eigenvalue weighted by Crippen LogP contribution is 2.34. The third-order valence-corrected chi connectivity index (χ3v) is 4.45. The molecule has 0 spiro atoms. The van der Waals surface area contributed by atoms with Crippen LogP contribution in [0.5, 0.6) is 0 Å². The van der Waals surface area contributed by atoms with Crippen LogP contribution in [0.2, 0.25) is 0 Å². The molecule has 0 saturated heterocycles. The number of carbonyl (C=O) groups excluding carboxylic acids is 3. The summed E-state index contributed by atoms with van der Waals surface area (Å²) in [7, 11) is 1.29. The maximum Gasteiger partial charge on any atom is 0.340 e. The van der Waals surface area contributed by atoms with E-state index in [2.05, 4.69) is 15.4 Å². The van der Waals surface area contributed by atoms with Gasteiger partial charge in [0.25, 0.3) is 0 Å². The first-order valence-corrected chi connectivity index (χ1v) is 7.83. The van der Waals surface area contributed by atoms with Crippen molar-refractivity contribution in [1.29, 1.82) is 0 Å². The van der Waals surface area contributed by atoms with E-state index in [1.807, 2.05) is 12.1 Å². The summed E-state index contributed by atoms with van der Waals surface area (Å²) in [6.07, 6.45) is 0.0712. The first-order chi connectivity index (χ1) is 11.1. The summed E-state index contributed by atoms with van der Waals surface area (Å²) in [5.74, 6) is -1.63. The Morgan fingerprint density at radius 2 is 2.09 bits per heavy atom. The van der Waals surface area contributed by atoms with Gasteiger partial charge in [-0.1, -0.05) is 18.2 Å². The van der Waals surface area contributed by atoms with Gasteiger partial charge in [-0.25, -0.2) is 4.79 Å². The first kappa shape index (κ1) is 15.2. The minimum absolute atomic E-state index is 0.0712. The second-order valence-corrected chi connectivity index (χ2v) is 5.95. The van der Waals surface area contributed by atoms with Gasteiger partial charge >= 0.3 is 5.97 Å². The lowest BCUT2D eigenvalue weighted by molar-refractivity contribution is -0.123. The highest BCUT2D eigenvalue weighted by Gasteiger charge is 2.31. The molecule has 0 unspecified atom stereocenters. The SMILES string of the molecule is COC(=O)c1ccsc1NC(=O)[C@H]1CC(=O)Nc2ccccc21. The van der Waals surface area contributed by atoms with Crippen LogP contribution in [0.25, 0.3) is 0 Å². The van der Waals surface area contributed by atoms with Crippen molar-refractivity contribution >= 4 is 39.8 Å². The summed E-state index contributed by atoms with van der Waals surface area (Å²) < 4.78 is 4.69. The van der Waals surface area contributed by atoms with Gasteiger partial charge in [-0.2, -0.15) is 0 Å². The molecular formula is C16H14N2O4S. The molecule has 1 atom stereocenters. The molecule has 3 rings (SSSR count). The summed E-state index contributed by atoms with van der Waals surface area (Å²) in [5, 5.41) is 7.61. The molecule has 0 radical (unpaired) electrons. The molecule has 7 heteroatoms. The zero-order valence-electron chi connectivity index (χ0n) is 12.3. The maximum absolute atomic E-state index is 12.6. The molecular weight excluding hydrogens is 316 g/mol. The maximum atomic E-state index is 12.6. The van der Waals surface area contributed by atoms with Crippen LogP contribution in [0.4, 0.5) is 10.7 Å².